The summed E-state index contributed by atoms with van der Waals surface area (Å²) in [6.45, 7) is 4.18. The van der Waals surface area contributed by atoms with E-state index < -0.39 is 11.9 Å². The van der Waals surface area contributed by atoms with E-state index in [0.717, 1.165) is 12.0 Å². The van der Waals surface area contributed by atoms with E-state index in [4.69, 9.17) is 18.9 Å². The fourth-order valence-electron chi connectivity index (χ4n) is 2.89. The van der Waals surface area contributed by atoms with Gasteiger partial charge in [-0.2, -0.15) is 0 Å². The van der Waals surface area contributed by atoms with Crippen LogP contribution in [0.3, 0.4) is 0 Å². The van der Waals surface area contributed by atoms with Crippen LogP contribution in [0.4, 0.5) is 0 Å². The lowest BCUT2D eigenvalue weighted by Crippen LogP contribution is -2.10. The molecule has 0 radical (unpaired) electrons. The molecule has 0 aromatic heterocycles. The van der Waals surface area contributed by atoms with Gasteiger partial charge in [0.25, 0.3) is 0 Å². The number of esters is 3. The van der Waals surface area contributed by atoms with Crippen LogP contribution < -0.4 is 14.2 Å². The Morgan fingerprint density at radius 1 is 0.618 bits per heavy atom. The van der Waals surface area contributed by atoms with Gasteiger partial charge in [0.15, 0.2) is 0 Å². The Bertz CT molecular complexity index is 1100. The quantitative estimate of drug-likeness (QED) is 0.234. The highest BCUT2D eigenvalue weighted by molar-refractivity contribution is 5.92. The maximum atomic E-state index is 12.4. The minimum absolute atomic E-state index is 0.292. The number of hydrogen-bond acceptors (Lipinski definition) is 7. The smallest absolute Gasteiger partial charge is 0.343 e. The Hall–Kier alpha value is -4.13. The van der Waals surface area contributed by atoms with Gasteiger partial charge in [-0.05, 0) is 80.4 Å². The van der Waals surface area contributed by atoms with Gasteiger partial charge in [0.05, 0.1) is 24.3 Å². The van der Waals surface area contributed by atoms with Crippen molar-refractivity contribution in [2.45, 2.75) is 26.7 Å². The molecule has 3 rings (SSSR count). The molecule has 0 saturated carbocycles. The predicted octanol–water partition coefficient (Wildman–Crippen LogP) is 5.16. The third kappa shape index (κ3) is 7.78. The Balaban J connectivity index is 1.46. The Morgan fingerprint density at radius 2 is 1.06 bits per heavy atom. The van der Waals surface area contributed by atoms with Crippen molar-refractivity contribution in [3.05, 3.63) is 89.5 Å². The van der Waals surface area contributed by atoms with Crippen molar-refractivity contribution in [2.75, 3.05) is 13.2 Å². The van der Waals surface area contributed by atoms with Crippen molar-refractivity contribution < 1.29 is 33.3 Å². The highest BCUT2D eigenvalue weighted by Crippen LogP contribution is 2.19. The molecule has 7 heteroatoms. The number of benzene rings is 3. The normalized spacial score (nSPS) is 10.3. The van der Waals surface area contributed by atoms with Gasteiger partial charge in [0.1, 0.15) is 17.2 Å². The molecular weight excluding hydrogens is 436 g/mol. The molecule has 0 N–H and O–H groups in total. The summed E-state index contributed by atoms with van der Waals surface area (Å²) in [6.07, 6.45) is 1.46. The molecule has 0 unspecified atom stereocenters. The van der Waals surface area contributed by atoms with Gasteiger partial charge in [-0.25, -0.2) is 9.59 Å². The first-order valence-electron chi connectivity index (χ1n) is 10.9. The lowest BCUT2D eigenvalue weighted by molar-refractivity contribution is -0.141. The van der Waals surface area contributed by atoms with Crippen molar-refractivity contribution in [1.82, 2.24) is 0 Å². The van der Waals surface area contributed by atoms with E-state index in [2.05, 4.69) is 0 Å². The molecule has 0 aliphatic heterocycles. The Labute approximate surface area is 198 Å². The third-order valence-corrected chi connectivity index (χ3v) is 4.73. The molecule has 176 valence electrons. The maximum absolute atomic E-state index is 12.4. The van der Waals surface area contributed by atoms with Gasteiger partial charge in [0.2, 0.25) is 0 Å². The van der Waals surface area contributed by atoms with Crippen LogP contribution >= 0.6 is 0 Å². The van der Waals surface area contributed by atoms with Crippen molar-refractivity contribution in [3.8, 4) is 17.2 Å². The highest BCUT2D eigenvalue weighted by Gasteiger charge is 2.12. The van der Waals surface area contributed by atoms with Gasteiger partial charge in [-0.1, -0.05) is 17.7 Å². The van der Waals surface area contributed by atoms with Crippen LogP contribution in [-0.4, -0.2) is 31.1 Å². The topological polar surface area (TPSA) is 88.1 Å². The largest absolute Gasteiger partial charge is 0.494 e. The SMILES string of the molecule is CC(=O)OCCCCOc1ccc(C(=O)Oc2ccc(C(=O)Oc3ccc(C)cc3)cc2)cc1. The monoisotopic (exact) mass is 462 g/mol. The van der Waals surface area contributed by atoms with Crippen LogP contribution in [0.25, 0.3) is 0 Å². The first-order chi connectivity index (χ1) is 16.4. The molecule has 3 aromatic carbocycles. The first kappa shape index (κ1) is 24.5. The van der Waals surface area contributed by atoms with Crippen LogP contribution in [0.15, 0.2) is 72.8 Å². The van der Waals surface area contributed by atoms with Gasteiger partial charge < -0.3 is 18.9 Å². The second-order valence-corrected chi connectivity index (χ2v) is 7.54. The second kappa shape index (κ2) is 12.2. The van der Waals surface area contributed by atoms with Crippen molar-refractivity contribution in [1.29, 1.82) is 0 Å². The van der Waals surface area contributed by atoms with Crippen LogP contribution in [0.5, 0.6) is 17.2 Å². The molecular formula is C27H26O7. The fraction of sp³-hybridized carbons (Fsp3) is 0.222. The van der Waals surface area contributed by atoms with Crippen molar-refractivity contribution in [3.63, 3.8) is 0 Å². The summed E-state index contributed by atoms with van der Waals surface area (Å²) in [6, 6.07) is 19.9. The summed E-state index contributed by atoms with van der Waals surface area (Å²) in [5.41, 5.74) is 1.78. The molecule has 34 heavy (non-hydrogen) atoms. The third-order valence-electron chi connectivity index (χ3n) is 4.73. The average Bonchev–Trinajstić information content (AvgIpc) is 2.83. The van der Waals surface area contributed by atoms with E-state index in [1.165, 1.54) is 31.2 Å². The zero-order chi connectivity index (χ0) is 24.3. The van der Waals surface area contributed by atoms with E-state index in [1.54, 1.807) is 36.4 Å². The van der Waals surface area contributed by atoms with E-state index in [0.29, 0.717) is 48.0 Å². The summed E-state index contributed by atoms with van der Waals surface area (Å²) in [5, 5.41) is 0. The van der Waals surface area contributed by atoms with Crippen molar-refractivity contribution in [2.24, 2.45) is 0 Å². The minimum atomic E-state index is -0.525. The van der Waals surface area contributed by atoms with Gasteiger partial charge >= 0.3 is 17.9 Å². The molecule has 0 heterocycles. The standard InChI is InChI=1S/C27H26O7/c1-19-5-11-24(12-6-19)33-27(30)22-9-15-25(16-10-22)34-26(29)21-7-13-23(14-8-21)32-18-4-3-17-31-20(2)28/h5-16H,3-4,17-18H2,1-2H3. The molecule has 0 aliphatic carbocycles. The van der Waals surface area contributed by atoms with Crippen molar-refractivity contribution >= 4 is 17.9 Å². The second-order valence-electron chi connectivity index (χ2n) is 7.54. The number of unbranched alkanes of at least 4 members (excludes halogenated alkanes) is 1. The summed E-state index contributed by atoms with van der Waals surface area (Å²) in [5.74, 6) is 0.0811. The molecule has 0 spiro atoms. The van der Waals surface area contributed by atoms with Crippen LogP contribution in [0, 0.1) is 6.92 Å². The van der Waals surface area contributed by atoms with Gasteiger partial charge in [0, 0.05) is 6.92 Å². The number of ether oxygens (including phenoxy) is 4. The molecule has 3 aromatic rings. The predicted molar refractivity (Wildman–Crippen MR) is 125 cm³/mol. The summed E-state index contributed by atoms with van der Waals surface area (Å²) >= 11 is 0. The zero-order valence-electron chi connectivity index (χ0n) is 19.1. The molecule has 0 bridgehead atoms. The number of hydrogen-bond donors (Lipinski definition) is 0. The molecule has 0 atom stereocenters. The molecule has 7 nitrogen and oxygen atoms in total. The lowest BCUT2D eigenvalue weighted by Gasteiger charge is -2.08. The summed E-state index contributed by atoms with van der Waals surface area (Å²) in [7, 11) is 0. The van der Waals surface area contributed by atoms with E-state index in [-0.39, 0.29) is 5.97 Å². The number of rotatable bonds is 10. The van der Waals surface area contributed by atoms with Crippen LogP contribution in [-0.2, 0) is 9.53 Å². The summed E-state index contributed by atoms with van der Waals surface area (Å²) < 4.78 is 21.2. The molecule has 0 amide bonds. The molecule has 0 aliphatic rings. The highest BCUT2D eigenvalue weighted by atomic mass is 16.5. The Morgan fingerprint density at radius 3 is 1.56 bits per heavy atom. The number of carbonyl (C=O) groups is 3. The summed E-state index contributed by atoms with van der Waals surface area (Å²) in [4.78, 5) is 35.4. The van der Waals surface area contributed by atoms with E-state index >= 15 is 0 Å². The minimum Gasteiger partial charge on any atom is -0.494 e. The van der Waals surface area contributed by atoms with Gasteiger partial charge in [-0.3, -0.25) is 4.79 Å². The maximum Gasteiger partial charge on any atom is 0.343 e. The lowest BCUT2D eigenvalue weighted by atomic mass is 10.2. The number of carbonyl (C=O) groups excluding carboxylic acids is 3. The molecule has 0 fully saturated rings. The van der Waals surface area contributed by atoms with Gasteiger partial charge in [-0.15, -0.1) is 0 Å². The van der Waals surface area contributed by atoms with Crippen LogP contribution in [0.1, 0.15) is 46.0 Å². The number of aryl methyl sites for hydroxylation is 1. The van der Waals surface area contributed by atoms with E-state index in [1.807, 2.05) is 19.1 Å². The average molecular weight is 462 g/mol. The van der Waals surface area contributed by atoms with E-state index in [9.17, 15) is 14.4 Å². The zero-order valence-corrected chi connectivity index (χ0v) is 19.1. The fourth-order valence-corrected chi connectivity index (χ4v) is 2.89. The molecule has 0 saturated heterocycles. The Kier molecular flexibility index (Phi) is 8.80. The first-order valence-corrected chi connectivity index (χ1v) is 10.9. The van der Waals surface area contributed by atoms with Crippen LogP contribution in [0.2, 0.25) is 0 Å².